The minimum absolute atomic E-state index is 0.156. The van der Waals surface area contributed by atoms with Crippen LogP contribution in [0.1, 0.15) is 25.7 Å². The van der Waals surface area contributed by atoms with Gasteiger partial charge >= 0.3 is 6.09 Å². The molecule has 130 valence electrons. The van der Waals surface area contributed by atoms with E-state index in [4.69, 9.17) is 15.7 Å². The van der Waals surface area contributed by atoms with Crippen molar-refractivity contribution in [1.82, 2.24) is 9.80 Å². The third kappa shape index (κ3) is 2.67. The summed E-state index contributed by atoms with van der Waals surface area (Å²) in [7, 11) is 0. The van der Waals surface area contributed by atoms with Crippen LogP contribution in [0.5, 0.6) is 0 Å². The predicted molar refractivity (Wildman–Crippen MR) is 79.4 cm³/mol. The van der Waals surface area contributed by atoms with Crippen LogP contribution >= 0.6 is 0 Å². The van der Waals surface area contributed by atoms with Crippen LogP contribution in [0.3, 0.4) is 0 Å². The highest BCUT2D eigenvalue weighted by Crippen LogP contribution is 2.45. The van der Waals surface area contributed by atoms with Crippen molar-refractivity contribution in [3.05, 3.63) is 0 Å². The molecule has 0 aromatic carbocycles. The zero-order valence-electron chi connectivity index (χ0n) is 13.1. The molecule has 0 unspecified atom stereocenters. The van der Waals surface area contributed by atoms with Crippen LogP contribution in [0.2, 0.25) is 0 Å². The molecule has 0 aromatic heterocycles. The van der Waals surface area contributed by atoms with Crippen LogP contribution in [-0.4, -0.2) is 70.2 Å². The lowest BCUT2D eigenvalue weighted by atomic mass is 9.96. The molecule has 3 fully saturated rings. The maximum absolute atomic E-state index is 12.8. The van der Waals surface area contributed by atoms with Crippen LogP contribution in [0, 0.1) is 17.2 Å². The van der Waals surface area contributed by atoms with Gasteiger partial charge in [0.1, 0.15) is 18.7 Å². The van der Waals surface area contributed by atoms with Gasteiger partial charge in [-0.3, -0.25) is 14.5 Å². The van der Waals surface area contributed by atoms with Gasteiger partial charge < -0.3 is 20.5 Å². The first kappa shape index (κ1) is 16.5. The van der Waals surface area contributed by atoms with Crippen molar-refractivity contribution in [3.8, 4) is 6.07 Å². The predicted octanol–water partition coefficient (Wildman–Crippen LogP) is -0.488. The lowest BCUT2D eigenvalue weighted by Crippen LogP contribution is -2.57. The first-order chi connectivity index (χ1) is 11.4. The second-order valence-electron chi connectivity index (χ2n) is 6.57. The van der Waals surface area contributed by atoms with Crippen molar-refractivity contribution < 1.29 is 24.2 Å². The summed E-state index contributed by atoms with van der Waals surface area (Å²) < 4.78 is 5.42. The molecule has 0 aromatic rings. The monoisotopic (exact) mass is 336 g/mol. The Labute approximate surface area is 138 Å². The topological polar surface area (TPSA) is 137 Å². The maximum atomic E-state index is 12.8. The second-order valence-corrected chi connectivity index (χ2v) is 6.57. The van der Waals surface area contributed by atoms with Crippen molar-refractivity contribution in [2.24, 2.45) is 11.7 Å². The molecular weight excluding hydrogens is 316 g/mol. The molecule has 3 aliphatic rings. The Bertz CT molecular complexity index is 603. The number of nitriles is 1. The summed E-state index contributed by atoms with van der Waals surface area (Å²) in [4.78, 5) is 38.1. The SMILES string of the molecule is N#C[C@@H]1CCCN1C(=O)[C@@H]1[C@H]2C[C@H]([C@H](OCC(N)=O)C2)N1C(=O)O. The number of primary amides is 1. The number of piperidine rings is 1. The number of nitrogens with two attached hydrogens (primary N) is 1. The van der Waals surface area contributed by atoms with Crippen molar-refractivity contribution >= 4 is 17.9 Å². The summed E-state index contributed by atoms with van der Waals surface area (Å²) in [6, 6.07) is 0.410. The molecule has 3 amide bonds. The number of ether oxygens (including phenoxy) is 1. The van der Waals surface area contributed by atoms with Gasteiger partial charge in [0.05, 0.1) is 18.2 Å². The van der Waals surface area contributed by atoms with Gasteiger partial charge in [0.15, 0.2) is 0 Å². The average molecular weight is 336 g/mol. The van der Waals surface area contributed by atoms with Crippen LogP contribution < -0.4 is 5.73 Å². The van der Waals surface area contributed by atoms with Gasteiger partial charge in [-0.05, 0) is 31.6 Å². The fourth-order valence-corrected chi connectivity index (χ4v) is 4.28. The van der Waals surface area contributed by atoms with E-state index in [0.29, 0.717) is 25.8 Å². The molecule has 2 heterocycles. The van der Waals surface area contributed by atoms with Gasteiger partial charge in [0.25, 0.3) is 0 Å². The van der Waals surface area contributed by atoms with E-state index in [1.165, 1.54) is 4.90 Å². The van der Waals surface area contributed by atoms with E-state index in [9.17, 15) is 19.5 Å². The smallest absolute Gasteiger partial charge is 0.408 e. The molecule has 1 aliphatic carbocycles. The quantitative estimate of drug-likeness (QED) is 0.711. The average Bonchev–Trinajstić information content (AvgIpc) is 3.24. The number of hydrogen-bond donors (Lipinski definition) is 2. The molecular formula is C15H20N4O5. The number of amides is 3. The highest BCUT2D eigenvalue weighted by molar-refractivity contribution is 5.87. The molecule has 3 rings (SSSR count). The Balaban J connectivity index is 1.76. The van der Waals surface area contributed by atoms with Crippen LogP contribution in [-0.2, 0) is 14.3 Å². The summed E-state index contributed by atoms with van der Waals surface area (Å²) in [5, 5.41) is 18.7. The maximum Gasteiger partial charge on any atom is 0.408 e. The summed E-state index contributed by atoms with van der Waals surface area (Å²) in [5.41, 5.74) is 5.07. The van der Waals surface area contributed by atoms with Crippen molar-refractivity contribution in [2.45, 2.75) is 49.9 Å². The molecule has 9 heteroatoms. The molecule has 9 nitrogen and oxygen atoms in total. The van der Waals surface area contributed by atoms with Crippen LogP contribution in [0.4, 0.5) is 4.79 Å². The third-order valence-corrected chi connectivity index (χ3v) is 5.21. The largest absolute Gasteiger partial charge is 0.465 e. The first-order valence-corrected chi connectivity index (χ1v) is 8.05. The minimum atomic E-state index is -1.18. The van der Waals surface area contributed by atoms with Crippen molar-refractivity contribution in [3.63, 3.8) is 0 Å². The third-order valence-electron chi connectivity index (χ3n) is 5.21. The number of rotatable bonds is 4. The lowest BCUT2D eigenvalue weighted by molar-refractivity contribution is -0.141. The zero-order valence-corrected chi connectivity index (χ0v) is 13.1. The zero-order chi connectivity index (χ0) is 17.4. The molecule has 0 radical (unpaired) electrons. The van der Waals surface area contributed by atoms with Gasteiger partial charge in [0, 0.05) is 6.54 Å². The van der Waals surface area contributed by atoms with E-state index < -0.39 is 36.2 Å². The molecule has 3 N–H and O–H groups in total. The van der Waals surface area contributed by atoms with E-state index in [1.54, 1.807) is 0 Å². The summed E-state index contributed by atoms with van der Waals surface area (Å²) in [5.74, 6) is -1.06. The number of carbonyl (C=O) groups excluding carboxylic acids is 2. The molecule has 2 aliphatic heterocycles. The number of carbonyl (C=O) groups is 3. The van der Waals surface area contributed by atoms with Gasteiger partial charge in [-0.25, -0.2) is 4.79 Å². The number of hydrogen-bond acceptors (Lipinski definition) is 5. The fraction of sp³-hybridized carbons (Fsp3) is 0.733. The van der Waals surface area contributed by atoms with E-state index >= 15 is 0 Å². The Morgan fingerprint density at radius 2 is 2.08 bits per heavy atom. The second kappa shape index (κ2) is 6.28. The van der Waals surface area contributed by atoms with E-state index in [0.717, 1.165) is 11.3 Å². The summed E-state index contributed by atoms with van der Waals surface area (Å²) >= 11 is 0. The van der Waals surface area contributed by atoms with E-state index in [-0.39, 0.29) is 18.4 Å². The summed E-state index contributed by atoms with van der Waals surface area (Å²) in [6.45, 7) is 0.225. The van der Waals surface area contributed by atoms with Crippen LogP contribution in [0.15, 0.2) is 0 Å². The first-order valence-electron chi connectivity index (χ1n) is 8.05. The molecule has 5 atom stereocenters. The van der Waals surface area contributed by atoms with Gasteiger partial charge in [0.2, 0.25) is 11.8 Å². The Hall–Kier alpha value is -2.34. The van der Waals surface area contributed by atoms with Crippen molar-refractivity contribution in [1.29, 1.82) is 5.26 Å². The minimum Gasteiger partial charge on any atom is -0.465 e. The highest BCUT2D eigenvalue weighted by atomic mass is 16.5. The number of carboxylic acid groups (broad SMARTS) is 1. The lowest BCUT2D eigenvalue weighted by Gasteiger charge is -2.38. The standard InChI is InChI=1S/C15H20N4O5/c16-6-9-2-1-3-18(9)14(21)13-8-4-10(19(13)15(22)23)11(5-8)24-7-12(17)20/h8-11,13H,1-5,7H2,(H2,17,20)(H,22,23)/t8-,9-,10+,11+,13-/m0/s1. The summed E-state index contributed by atoms with van der Waals surface area (Å²) in [6.07, 6.45) is 0.817. The van der Waals surface area contributed by atoms with Gasteiger partial charge in [-0.15, -0.1) is 0 Å². The number of likely N-dealkylation sites (tertiary alicyclic amines) is 2. The van der Waals surface area contributed by atoms with Crippen LogP contribution in [0.25, 0.3) is 0 Å². The highest BCUT2D eigenvalue weighted by Gasteiger charge is 2.57. The van der Waals surface area contributed by atoms with Crippen molar-refractivity contribution in [2.75, 3.05) is 13.2 Å². The molecule has 2 saturated heterocycles. The molecule has 1 saturated carbocycles. The van der Waals surface area contributed by atoms with Gasteiger partial charge in [-0.2, -0.15) is 5.26 Å². The Morgan fingerprint density at radius 3 is 2.71 bits per heavy atom. The fourth-order valence-electron chi connectivity index (χ4n) is 4.28. The van der Waals surface area contributed by atoms with E-state index in [1.807, 2.05) is 0 Å². The molecule has 24 heavy (non-hydrogen) atoms. The Morgan fingerprint density at radius 1 is 1.33 bits per heavy atom. The molecule has 2 bridgehead atoms. The number of nitrogens with zero attached hydrogens (tertiary/aromatic N) is 3. The Kier molecular flexibility index (Phi) is 4.32. The van der Waals surface area contributed by atoms with Gasteiger partial charge in [-0.1, -0.05) is 0 Å². The molecule has 0 spiro atoms. The van der Waals surface area contributed by atoms with E-state index in [2.05, 4.69) is 6.07 Å². The number of fused-ring (bicyclic) bond motifs is 2. The normalized spacial score (nSPS) is 34.4.